The molecule has 10 heteroatoms. The summed E-state index contributed by atoms with van der Waals surface area (Å²) in [7, 11) is -6.71. The van der Waals surface area contributed by atoms with Crippen LogP contribution in [-0.4, -0.2) is 47.7 Å². The van der Waals surface area contributed by atoms with E-state index < -0.39 is 20.0 Å². The molecule has 0 heterocycles. The van der Waals surface area contributed by atoms with E-state index in [-0.39, 0.29) is 18.8 Å². The summed E-state index contributed by atoms with van der Waals surface area (Å²) in [5.41, 5.74) is 6.22. The van der Waals surface area contributed by atoms with Crippen LogP contribution in [0.4, 0.5) is 5.69 Å². The molecule has 0 bridgehead atoms. The number of hydrogen-bond donors (Lipinski definition) is 3. The number of hydrogen-bond acceptors (Lipinski definition) is 6. The molecule has 1 aromatic rings. The van der Waals surface area contributed by atoms with Crippen molar-refractivity contribution in [3.63, 3.8) is 0 Å². The Kier molecular flexibility index (Phi) is 6.94. The molecule has 0 fully saturated rings. The molecule has 0 saturated carbocycles. The van der Waals surface area contributed by atoms with E-state index in [9.17, 15) is 16.8 Å². The third kappa shape index (κ3) is 8.94. The number of thioether (sulfide) groups is 1. The predicted octanol–water partition coefficient (Wildman–Crippen LogP) is -0.170. The van der Waals surface area contributed by atoms with E-state index in [4.69, 9.17) is 5.73 Å². The molecule has 7 nitrogen and oxygen atoms in total. The lowest BCUT2D eigenvalue weighted by atomic mass is 10.3. The van der Waals surface area contributed by atoms with Crippen molar-refractivity contribution in [2.75, 3.05) is 36.6 Å². The van der Waals surface area contributed by atoms with Gasteiger partial charge in [0.2, 0.25) is 20.0 Å². The van der Waals surface area contributed by atoms with E-state index in [1.54, 1.807) is 12.1 Å². The van der Waals surface area contributed by atoms with Gasteiger partial charge in [0.25, 0.3) is 0 Å². The maximum atomic E-state index is 11.7. The highest BCUT2D eigenvalue weighted by Gasteiger charge is 2.10. The first-order valence-electron chi connectivity index (χ1n) is 6.08. The van der Waals surface area contributed by atoms with Crippen molar-refractivity contribution in [1.29, 1.82) is 0 Å². The van der Waals surface area contributed by atoms with Gasteiger partial charge in [-0.15, -0.1) is 11.8 Å². The van der Waals surface area contributed by atoms with Crippen LogP contribution in [0.5, 0.6) is 0 Å². The predicted molar refractivity (Wildman–Crippen MR) is 86.2 cm³/mol. The molecule has 0 spiro atoms. The van der Waals surface area contributed by atoms with Crippen molar-refractivity contribution in [2.45, 2.75) is 4.90 Å². The van der Waals surface area contributed by atoms with Crippen molar-refractivity contribution < 1.29 is 16.8 Å². The monoisotopic (exact) mass is 353 g/mol. The minimum atomic E-state index is -3.41. The first-order valence-corrected chi connectivity index (χ1v) is 10.6. The van der Waals surface area contributed by atoms with E-state index in [0.717, 1.165) is 11.2 Å². The van der Waals surface area contributed by atoms with Gasteiger partial charge >= 0.3 is 0 Å². The summed E-state index contributed by atoms with van der Waals surface area (Å²) in [4.78, 5) is 0.943. The van der Waals surface area contributed by atoms with Gasteiger partial charge in [0.05, 0.1) is 12.0 Å². The lowest BCUT2D eigenvalue weighted by molar-refractivity contribution is 0.574. The van der Waals surface area contributed by atoms with Gasteiger partial charge in [-0.25, -0.2) is 26.3 Å². The Hall–Kier alpha value is -0.810. The molecule has 0 radical (unpaired) electrons. The van der Waals surface area contributed by atoms with Crippen LogP contribution in [0.15, 0.2) is 29.2 Å². The number of benzene rings is 1. The van der Waals surface area contributed by atoms with Gasteiger partial charge in [-0.3, -0.25) is 0 Å². The molecule has 120 valence electrons. The molecule has 0 aromatic heterocycles. The van der Waals surface area contributed by atoms with Gasteiger partial charge in [0.15, 0.2) is 0 Å². The Morgan fingerprint density at radius 3 is 2.19 bits per heavy atom. The molecule has 1 rings (SSSR count). The first-order chi connectivity index (χ1) is 9.68. The summed E-state index contributed by atoms with van der Waals surface area (Å²) in [6.07, 6.45) is 1.02. The van der Waals surface area contributed by atoms with E-state index in [1.165, 1.54) is 11.8 Å². The van der Waals surface area contributed by atoms with Crippen LogP contribution in [0.3, 0.4) is 0 Å². The Morgan fingerprint density at radius 2 is 1.62 bits per heavy atom. The number of sulfonamides is 2. The highest BCUT2D eigenvalue weighted by molar-refractivity contribution is 8.00. The standard InChI is InChI=1S/C11H19N3O4S3/c1-20(15,16)13-6-7-14-21(17,18)9-8-19-11-4-2-10(12)3-5-11/h2-5,13-14H,6-9,12H2,1H3. The molecule has 0 saturated heterocycles. The van der Waals surface area contributed by atoms with Crippen LogP contribution in [-0.2, 0) is 20.0 Å². The molecular formula is C11H19N3O4S3. The van der Waals surface area contributed by atoms with Gasteiger partial charge in [0.1, 0.15) is 0 Å². The molecule has 1 aromatic carbocycles. The number of rotatable bonds is 9. The molecular weight excluding hydrogens is 334 g/mol. The Bertz CT molecular complexity index is 642. The zero-order chi connectivity index (χ0) is 15.9. The second-order valence-electron chi connectivity index (χ2n) is 4.30. The number of nitrogen functional groups attached to an aromatic ring is 1. The van der Waals surface area contributed by atoms with Crippen molar-refractivity contribution >= 4 is 37.5 Å². The molecule has 0 aliphatic carbocycles. The van der Waals surface area contributed by atoms with Gasteiger partial charge in [0, 0.05) is 29.4 Å². The third-order valence-electron chi connectivity index (χ3n) is 2.31. The smallest absolute Gasteiger partial charge is 0.212 e. The average molecular weight is 353 g/mol. The highest BCUT2D eigenvalue weighted by Crippen LogP contribution is 2.19. The zero-order valence-corrected chi connectivity index (χ0v) is 14.0. The summed E-state index contributed by atoms with van der Waals surface area (Å²) in [6.45, 7) is 0.0606. The van der Waals surface area contributed by atoms with Gasteiger partial charge in [-0.2, -0.15) is 0 Å². The maximum absolute atomic E-state index is 11.7. The average Bonchev–Trinajstić information content (AvgIpc) is 2.36. The van der Waals surface area contributed by atoms with Crippen LogP contribution in [0.1, 0.15) is 0 Å². The molecule has 0 aliphatic rings. The van der Waals surface area contributed by atoms with Crippen LogP contribution in [0.25, 0.3) is 0 Å². The number of nitrogens with one attached hydrogen (secondary N) is 2. The largest absolute Gasteiger partial charge is 0.399 e. The van der Waals surface area contributed by atoms with E-state index in [2.05, 4.69) is 9.44 Å². The molecule has 0 unspecified atom stereocenters. The number of nitrogens with two attached hydrogens (primary N) is 1. The van der Waals surface area contributed by atoms with Crippen LogP contribution in [0.2, 0.25) is 0 Å². The Labute approximate surface area is 129 Å². The molecule has 4 N–H and O–H groups in total. The lowest BCUT2D eigenvalue weighted by Gasteiger charge is -2.07. The topological polar surface area (TPSA) is 118 Å². The first kappa shape index (κ1) is 18.2. The Balaban J connectivity index is 2.28. The normalized spacial score (nSPS) is 12.4. The van der Waals surface area contributed by atoms with Crippen molar-refractivity contribution in [1.82, 2.24) is 9.44 Å². The van der Waals surface area contributed by atoms with E-state index in [0.29, 0.717) is 11.4 Å². The van der Waals surface area contributed by atoms with Gasteiger partial charge < -0.3 is 5.73 Å². The maximum Gasteiger partial charge on any atom is 0.212 e. The minimum Gasteiger partial charge on any atom is -0.399 e. The summed E-state index contributed by atoms with van der Waals surface area (Å²) >= 11 is 1.41. The second kappa shape index (κ2) is 7.99. The summed E-state index contributed by atoms with van der Waals surface area (Å²) < 4.78 is 49.5. The van der Waals surface area contributed by atoms with Gasteiger partial charge in [-0.1, -0.05) is 0 Å². The van der Waals surface area contributed by atoms with E-state index >= 15 is 0 Å². The lowest BCUT2D eigenvalue weighted by Crippen LogP contribution is -2.35. The highest BCUT2D eigenvalue weighted by atomic mass is 32.2. The van der Waals surface area contributed by atoms with Crippen LogP contribution < -0.4 is 15.2 Å². The zero-order valence-electron chi connectivity index (χ0n) is 11.6. The summed E-state index contributed by atoms with van der Waals surface area (Å²) in [6, 6.07) is 7.17. The molecule has 0 amide bonds. The molecule has 21 heavy (non-hydrogen) atoms. The summed E-state index contributed by atoms with van der Waals surface area (Å²) in [5.74, 6) is 0.361. The Morgan fingerprint density at radius 1 is 1.05 bits per heavy atom. The minimum absolute atomic E-state index is 0.0297. The fourth-order valence-electron chi connectivity index (χ4n) is 1.35. The molecule has 0 atom stereocenters. The van der Waals surface area contributed by atoms with Gasteiger partial charge in [-0.05, 0) is 24.3 Å². The van der Waals surface area contributed by atoms with E-state index in [1.807, 2.05) is 12.1 Å². The van der Waals surface area contributed by atoms with Crippen molar-refractivity contribution in [3.8, 4) is 0 Å². The number of anilines is 1. The SMILES string of the molecule is CS(=O)(=O)NCCNS(=O)(=O)CCSc1ccc(N)cc1. The fourth-order valence-corrected chi connectivity index (χ4v) is 4.15. The van der Waals surface area contributed by atoms with Crippen molar-refractivity contribution in [2.24, 2.45) is 0 Å². The molecule has 0 aliphatic heterocycles. The third-order valence-corrected chi connectivity index (χ3v) is 5.70. The van der Waals surface area contributed by atoms with Crippen molar-refractivity contribution in [3.05, 3.63) is 24.3 Å². The quantitative estimate of drug-likeness (QED) is 0.322. The second-order valence-corrected chi connectivity index (χ2v) is 9.22. The van der Waals surface area contributed by atoms with Crippen LogP contribution >= 0.6 is 11.8 Å². The van der Waals surface area contributed by atoms with Crippen LogP contribution in [0, 0.1) is 0 Å². The fraction of sp³-hybridized carbons (Fsp3) is 0.455. The summed E-state index contributed by atoms with van der Waals surface area (Å²) in [5, 5.41) is 0.